The Morgan fingerprint density at radius 3 is 2.86 bits per heavy atom. The van der Waals surface area contributed by atoms with Crippen LogP contribution in [0.15, 0.2) is 29.2 Å². The van der Waals surface area contributed by atoms with E-state index in [4.69, 9.17) is 5.73 Å². The first kappa shape index (κ1) is 16.2. The zero-order chi connectivity index (χ0) is 15.5. The molecule has 1 aromatic carbocycles. The van der Waals surface area contributed by atoms with Crippen molar-refractivity contribution in [3.63, 3.8) is 0 Å². The maximum absolute atomic E-state index is 12.6. The predicted octanol–water partition coefficient (Wildman–Crippen LogP) is 2.75. The summed E-state index contributed by atoms with van der Waals surface area (Å²) in [6.07, 6.45) is -2.58. The van der Waals surface area contributed by atoms with Crippen molar-refractivity contribution in [1.29, 1.82) is 0 Å². The number of hydrogen-bond donors (Lipinski definition) is 1. The first-order valence-electron chi connectivity index (χ1n) is 6.69. The van der Waals surface area contributed by atoms with Crippen LogP contribution < -0.4 is 5.73 Å². The van der Waals surface area contributed by atoms with Crippen LogP contribution in [0.5, 0.6) is 0 Å². The van der Waals surface area contributed by atoms with E-state index in [2.05, 4.69) is 0 Å². The second-order valence-corrected chi connectivity index (χ2v) is 6.11. The molecule has 1 atom stereocenters. The number of alkyl halides is 3. The lowest BCUT2D eigenvalue weighted by Gasteiger charge is -2.30. The molecule has 1 aliphatic heterocycles. The van der Waals surface area contributed by atoms with E-state index in [0.717, 1.165) is 36.7 Å². The summed E-state index contributed by atoms with van der Waals surface area (Å²) in [4.78, 5) is 14.2. The Hall–Kier alpha value is -1.21. The number of likely N-dealkylation sites (tertiary alicyclic amines) is 1. The summed E-state index contributed by atoms with van der Waals surface area (Å²) >= 11 is 1.12. The summed E-state index contributed by atoms with van der Waals surface area (Å²) in [5.41, 5.74) is 5.12. The van der Waals surface area contributed by atoms with Gasteiger partial charge in [-0.1, -0.05) is 6.07 Å². The van der Waals surface area contributed by atoms with Gasteiger partial charge < -0.3 is 10.6 Å². The smallest absolute Gasteiger partial charge is 0.340 e. The van der Waals surface area contributed by atoms with Crippen molar-refractivity contribution in [1.82, 2.24) is 4.90 Å². The summed E-state index contributed by atoms with van der Waals surface area (Å²) in [7, 11) is 0. The third-order valence-electron chi connectivity index (χ3n) is 3.33. The number of carbonyl (C=O) groups excluding carboxylic acids is 1. The van der Waals surface area contributed by atoms with Gasteiger partial charge in [0.25, 0.3) is 0 Å². The Kier molecular flexibility index (Phi) is 5.16. The van der Waals surface area contributed by atoms with Crippen molar-refractivity contribution in [2.75, 3.05) is 18.8 Å². The van der Waals surface area contributed by atoms with E-state index in [1.807, 2.05) is 0 Å². The number of thioether (sulfide) groups is 1. The first-order valence-corrected chi connectivity index (χ1v) is 7.68. The lowest BCUT2D eigenvalue weighted by molar-refractivity contribution is -0.137. The van der Waals surface area contributed by atoms with E-state index >= 15 is 0 Å². The number of carbonyl (C=O) groups is 1. The Labute approximate surface area is 125 Å². The van der Waals surface area contributed by atoms with Crippen LogP contribution in [0, 0.1) is 0 Å². The molecule has 2 N–H and O–H groups in total. The molecule has 0 aromatic heterocycles. The molecule has 1 unspecified atom stereocenters. The van der Waals surface area contributed by atoms with Crippen LogP contribution in [-0.2, 0) is 11.0 Å². The summed E-state index contributed by atoms with van der Waals surface area (Å²) in [5, 5.41) is 0. The fourth-order valence-electron chi connectivity index (χ4n) is 2.24. The van der Waals surface area contributed by atoms with Crippen molar-refractivity contribution in [2.45, 2.75) is 30.0 Å². The SMILES string of the molecule is NC1CCCN(C(=O)CSc2cccc(C(F)(F)F)c2)C1. The van der Waals surface area contributed by atoms with Crippen molar-refractivity contribution < 1.29 is 18.0 Å². The van der Waals surface area contributed by atoms with Gasteiger partial charge >= 0.3 is 6.18 Å². The highest BCUT2D eigenvalue weighted by Crippen LogP contribution is 2.31. The van der Waals surface area contributed by atoms with Gasteiger partial charge in [0, 0.05) is 24.0 Å². The van der Waals surface area contributed by atoms with Gasteiger partial charge in [-0.15, -0.1) is 11.8 Å². The van der Waals surface area contributed by atoms with Crippen LogP contribution in [0.4, 0.5) is 13.2 Å². The van der Waals surface area contributed by atoms with Crippen molar-refractivity contribution in [2.24, 2.45) is 5.73 Å². The molecule has 1 saturated heterocycles. The number of nitrogens with zero attached hydrogens (tertiary/aromatic N) is 1. The lowest BCUT2D eigenvalue weighted by Crippen LogP contribution is -2.46. The average Bonchev–Trinajstić information content (AvgIpc) is 2.44. The molecule has 0 saturated carbocycles. The topological polar surface area (TPSA) is 46.3 Å². The fraction of sp³-hybridized carbons (Fsp3) is 0.500. The molecule has 1 fully saturated rings. The number of hydrogen-bond acceptors (Lipinski definition) is 3. The van der Waals surface area contributed by atoms with Crippen LogP contribution in [0.3, 0.4) is 0 Å². The summed E-state index contributed by atoms with van der Waals surface area (Å²) in [6, 6.07) is 5.03. The molecule has 1 aliphatic rings. The molecule has 2 rings (SSSR count). The van der Waals surface area contributed by atoms with Gasteiger partial charge in [-0.05, 0) is 31.0 Å². The van der Waals surface area contributed by atoms with Gasteiger partial charge in [-0.25, -0.2) is 0 Å². The third kappa shape index (κ3) is 4.64. The van der Waals surface area contributed by atoms with Crippen LogP contribution >= 0.6 is 11.8 Å². The number of rotatable bonds is 3. The average molecular weight is 318 g/mol. The normalized spacial score (nSPS) is 19.6. The van der Waals surface area contributed by atoms with E-state index in [9.17, 15) is 18.0 Å². The van der Waals surface area contributed by atoms with Crippen LogP contribution in [-0.4, -0.2) is 35.7 Å². The predicted molar refractivity (Wildman–Crippen MR) is 76.0 cm³/mol. The van der Waals surface area contributed by atoms with Gasteiger partial charge in [0.05, 0.1) is 11.3 Å². The Balaban J connectivity index is 1.92. The maximum Gasteiger partial charge on any atom is 0.416 e. The van der Waals surface area contributed by atoms with Crippen LogP contribution in [0.2, 0.25) is 0 Å². The number of piperidine rings is 1. The third-order valence-corrected chi connectivity index (χ3v) is 4.31. The summed E-state index contributed by atoms with van der Waals surface area (Å²) in [6.45, 7) is 1.21. The van der Waals surface area contributed by atoms with Crippen molar-refractivity contribution in [3.05, 3.63) is 29.8 Å². The molecule has 7 heteroatoms. The molecule has 116 valence electrons. The highest BCUT2D eigenvalue weighted by Gasteiger charge is 2.30. The van der Waals surface area contributed by atoms with E-state index < -0.39 is 11.7 Å². The Bertz CT molecular complexity index is 507. The minimum Gasteiger partial charge on any atom is -0.340 e. The lowest BCUT2D eigenvalue weighted by atomic mass is 10.1. The number of amides is 1. The molecular formula is C14H17F3N2OS. The largest absolute Gasteiger partial charge is 0.416 e. The van der Waals surface area contributed by atoms with Crippen LogP contribution in [0.1, 0.15) is 18.4 Å². The van der Waals surface area contributed by atoms with Gasteiger partial charge in [0.1, 0.15) is 0 Å². The van der Waals surface area contributed by atoms with E-state index in [1.165, 1.54) is 6.07 Å². The molecule has 0 radical (unpaired) electrons. The molecule has 0 spiro atoms. The van der Waals surface area contributed by atoms with Gasteiger partial charge in [-0.2, -0.15) is 13.2 Å². The van der Waals surface area contributed by atoms with Gasteiger partial charge in [-0.3, -0.25) is 4.79 Å². The van der Waals surface area contributed by atoms with E-state index in [1.54, 1.807) is 11.0 Å². The number of halogens is 3. The zero-order valence-electron chi connectivity index (χ0n) is 11.4. The molecular weight excluding hydrogens is 301 g/mol. The first-order chi connectivity index (χ1) is 9.86. The quantitative estimate of drug-likeness (QED) is 0.872. The number of benzene rings is 1. The van der Waals surface area contributed by atoms with E-state index in [0.29, 0.717) is 18.0 Å². The molecule has 3 nitrogen and oxygen atoms in total. The second-order valence-electron chi connectivity index (χ2n) is 5.06. The highest BCUT2D eigenvalue weighted by atomic mass is 32.2. The van der Waals surface area contributed by atoms with Gasteiger partial charge in [0.15, 0.2) is 0 Å². The van der Waals surface area contributed by atoms with Crippen molar-refractivity contribution in [3.8, 4) is 0 Å². The Morgan fingerprint density at radius 1 is 1.43 bits per heavy atom. The van der Waals surface area contributed by atoms with Crippen molar-refractivity contribution >= 4 is 17.7 Å². The molecule has 1 amide bonds. The second kappa shape index (κ2) is 6.70. The molecule has 0 bridgehead atoms. The highest BCUT2D eigenvalue weighted by molar-refractivity contribution is 8.00. The molecule has 1 heterocycles. The standard InChI is InChI=1S/C14H17F3N2OS/c15-14(16,17)10-3-1-5-12(7-10)21-9-13(20)19-6-2-4-11(18)8-19/h1,3,5,7,11H,2,4,6,8-9,18H2. The minimum absolute atomic E-state index is 0.00116. The maximum atomic E-state index is 12.6. The Morgan fingerprint density at radius 2 is 2.19 bits per heavy atom. The summed E-state index contributed by atoms with van der Waals surface area (Å²) in [5.74, 6) is 0.0566. The van der Waals surface area contributed by atoms with Crippen LogP contribution in [0.25, 0.3) is 0 Å². The zero-order valence-corrected chi connectivity index (χ0v) is 12.2. The summed E-state index contributed by atoms with van der Waals surface area (Å²) < 4.78 is 37.8. The molecule has 21 heavy (non-hydrogen) atoms. The fourth-order valence-corrected chi connectivity index (χ4v) is 3.09. The van der Waals surface area contributed by atoms with Gasteiger partial charge in [0.2, 0.25) is 5.91 Å². The molecule has 0 aliphatic carbocycles. The monoisotopic (exact) mass is 318 g/mol. The minimum atomic E-state index is -4.36. The number of nitrogens with two attached hydrogens (primary N) is 1. The van der Waals surface area contributed by atoms with E-state index in [-0.39, 0.29) is 17.7 Å². The molecule has 1 aromatic rings.